The van der Waals surface area contributed by atoms with Gasteiger partial charge >= 0.3 is 0 Å². The van der Waals surface area contributed by atoms with Crippen molar-refractivity contribution in [2.75, 3.05) is 24.9 Å². The third-order valence-electron chi connectivity index (χ3n) is 5.07. The predicted molar refractivity (Wildman–Crippen MR) is 126 cm³/mol. The molecule has 0 bridgehead atoms. The molecule has 0 fully saturated rings. The standard InChI is InChI=1S/C23H22N2O6S2/c1-15-6-11-19(30-3)21-22(15)32-23(24-21)25(13-17-5-4-12-31-17)20(26)14-33(27,28)18-9-7-16(29-2)8-10-18/h4-12H,13-14H2,1-3H3. The maximum atomic E-state index is 13.3. The Morgan fingerprint density at radius 3 is 2.48 bits per heavy atom. The van der Waals surface area contributed by atoms with Crippen LogP contribution in [0.15, 0.2) is 64.1 Å². The average molecular weight is 487 g/mol. The molecule has 10 heteroatoms. The van der Waals surface area contributed by atoms with Gasteiger partial charge in [0.05, 0.1) is 36.6 Å². The summed E-state index contributed by atoms with van der Waals surface area (Å²) in [5.41, 5.74) is 1.60. The molecule has 0 saturated carbocycles. The summed E-state index contributed by atoms with van der Waals surface area (Å²) in [5.74, 6) is 0.283. The molecule has 4 aromatic rings. The van der Waals surface area contributed by atoms with Crippen molar-refractivity contribution in [3.8, 4) is 11.5 Å². The molecule has 0 radical (unpaired) electrons. The molecule has 33 heavy (non-hydrogen) atoms. The number of thiazole rings is 1. The predicted octanol–water partition coefficient (Wildman–Crippen LogP) is 4.22. The van der Waals surface area contributed by atoms with Crippen LogP contribution in [0.5, 0.6) is 11.5 Å². The molecule has 1 amide bonds. The van der Waals surface area contributed by atoms with E-state index < -0.39 is 21.5 Å². The molecular weight excluding hydrogens is 464 g/mol. The summed E-state index contributed by atoms with van der Waals surface area (Å²) >= 11 is 1.30. The number of ether oxygens (including phenoxy) is 2. The lowest BCUT2D eigenvalue weighted by molar-refractivity contribution is -0.116. The van der Waals surface area contributed by atoms with E-state index in [0.29, 0.717) is 27.9 Å². The molecule has 0 saturated heterocycles. The number of methoxy groups -OCH3 is 2. The maximum absolute atomic E-state index is 13.3. The van der Waals surface area contributed by atoms with Crippen LogP contribution in [0.1, 0.15) is 11.3 Å². The first-order valence-corrected chi connectivity index (χ1v) is 12.4. The number of rotatable bonds is 8. The minimum Gasteiger partial charge on any atom is -0.497 e. The zero-order chi connectivity index (χ0) is 23.6. The Hall–Kier alpha value is -3.37. The number of aryl methyl sites for hydroxylation is 1. The van der Waals surface area contributed by atoms with Crippen molar-refractivity contribution < 1.29 is 27.1 Å². The molecule has 172 valence electrons. The summed E-state index contributed by atoms with van der Waals surface area (Å²) < 4.78 is 42.7. The van der Waals surface area contributed by atoms with Crippen LogP contribution in [0, 0.1) is 6.92 Å². The van der Waals surface area contributed by atoms with E-state index in [1.54, 1.807) is 31.4 Å². The second kappa shape index (κ2) is 9.24. The second-order valence-electron chi connectivity index (χ2n) is 7.25. The van der Waals surface area contributed by atoms with E-state index >= 15 is 0 Å². The number of furan rings is 1. The third kappa shape index (κ3) is 4.71. The highest BCUT2D eigenvalue weighted by atomic mass is 32.2. The molecular formula is C23H22N2O6S2. The first-order valence-electron chi connectivity index (χ1n) is 9.96. The Balaban J connectivity index is 1.70. The van der Waals surface area contributed by atoms with Crippen molar-refractivity contribution in [1.82, 2.24) is 4.98 Å². The fourth-order valence-electron chi connectivity index (χ4n) is 3.31. The van der Waals surface area contributed by atoms with Gasteiger partial charge in [0.2, 0.25) is 5.91 Å². The first kappa shape index (κ1) is 22.8. The fourth-order valence-corrected chi connectivity index (χ4v) is 5.57. The van der Waals surface area contributed by atoms with E-state index in [4.69, 9.17) is 13.9 Å². The number of carbonyl (C=O) groups is 1. The molecule has 2 aromatic carbocycles. The van der Waals surface area contributed by atoms with Crippen LogP contribution in [0.3, 0.4) is 0 Å². The first-order chi connectivity index (χ1) is 15.8. The second-order valence-corrected chi connectivity index (χ2v) is 10.2. The summed E-state index contributed by atoms with van der Waals surface area (Å²) in [6.45, 7) is 1.99. The highest BCUT2D eigenvalue weighted by Gasteiger charge is 2.28. The third-order valence-corrected chi connectivity index (χ3v) is 7.90. The zero-order valence-corrected chi connectivity index (χ0v) is 19.9. The number of carbonyl (C=O) groups excluding carboxylic acids is 1. The van der Waals surface area contributed by atoms with Crippen molar-refractivity contribution in [3.63, 3.8) is 0 Å². The van der Waals surface area contributed by atoms with E-state index in [-0.39, 0.29) is 11.4 Å². The number of sulfone groups is 1. The number of anilines is 1. The highest BCUT2D eigenvalue weighted by Crippen LogP contribution is 2.37. The summed E-state index contributed by atoms with van der Waals surface area (Å²) in [6, 6.07) is 13.1. The van der Waals surface area contributed by atoms with Crippen molar-refractivity contribution in [3.05, 3.63) is 66.1 Å². The molecule has 0 N–H and O–H groups in total. The van der Waals surface area contributed by atoms with E-state index in [2.05, 4.69) is 4.98 Å². The van der Waals surface area contributed by atoms with E-state index in [1.807, 2.05) is 19.1 Å². The van der Waals surface area contributed by atoms with E-state index in [0.717, 1.165) is 10.3 Å². The number of aromatic nitrogens is 1. The number of benzene rings is 2. The summed E-state index contributed by atoms with van der Waals surface area (Å²) in [5, 5.41) is 0.365. The van der Waals surface area contributed by atoms with Crippen LogP contribution in [0.4, 0.5) is 5.13 Å². The Morgan fingerprint density at radius 2 is 1.85 bits per heavy atom. The Bertz CT molecular complexity index is 1380. The topological polar surface area (TPSA) is 98.9 Å². The fraction of sp³-hybridized carbons (Fsp3) is 0.217. The lowest BCUT2D eigenvalue weighted by Crippen LogP contribution is -2.35. The van der Waals surface area contributed by atoms with Gasteiger partial charge in [0.25, 0.3) is 0 Å². The smallest absolute Gasteiger partial charge is 0.244 e. The minimum atomic E-state index is -3.89. The zero-order valence-electron chi connectivity index (χ0n) is 18.3. The summed E-state index contributed by atoms with van der Waals surface area (Å²) in [6.07, 6.45) is 1.50. The van der Waals surface area contributed by atoms with Gasteiger partial charge in [-0.15, -0.1) is 0 Å². The van der Waals surface area contributed by atoms with Gasteiger partial charge in [-0.1, -0.05) is 17.4 Å². The van der Waals surface area contributed by atoms with Crippen molar-refractivity contribution >= 4 is 42.4 Å². The number of hydrogen-bond donors (Lipinski definition) is 0. The van der Waals surface area contributed by atoms with E-state index in [1.165, 1.54) is 41.7 Å². The molecule has 8 nitrogen and oxygen atoms in total. The largest absolute Gasteiger partial charge is 0.497 e. The SMILES string of the molecule is COc1ccc(S(=O)(=O)CC(=O)N(Cc2ccco2)c2nc3c(OC)ccc(C)c3s2)cc1. The number of amides is 1. The van der Waals surface area contributed by atoms with Crippen molar-refractivity contribution in [1.29, 1.82) is 0 Å². The van der Waals surface area contributed by atoms with Crippen LogP contribution in [-0.2, 0) is 21.2 Å². The van der Waals surface area contributed by atoms with Crippen molar-refractivity contribution in [2.45, 2.75) is 18.4 Å². The number of hydrogen-bond acceptors (Lipinski definition) is 8. The Kier molecular flexibility index (Phi) is 6.39. The van der Waals surface area contributed by atoms with Gasteiger partial charge in [-0.25, -0.2) is 13.4 Å². The van der Waals surface area contributed by atoms with Crippen molar-refractivity contribution in [2.24, 2.45) is 0 Å². The average Bonchev–Trinajstić information content (AvgIpc) is 3.48. The van der Waals surface area contributed by atoms with Gasteiger partial charge in [0.1, 0.15) is 28.5 Å². The van der Waals surface area contributed by atoms with Gasteiger partial charge in [-0.3, -0.25) is 9.69 Å². The maximum Gasteiger partial charge on any atom is 0.244 e. The monoisotopic (exact) mass is 486 g/mol. The normalized spacial score (nSPS) is 11.5. The Morgan fingerprint density at radius 1 is 1.09 bits per heavy atom. The summed E-state index contributed by atoms with van der Waals surface area (Å²) in [7, 11) is -0.846. The van der Waals surface area contributed by atoms with Crippen LogP contribution in [0.25, 0.3) is 10.2 Å². The van der Waals surface area contributed by atoms with Gasteiger partial charge in [-0.2, -0.15) is 0 Å². The molecule has 4 rings (SSSR count). The molecule has 0 aliphatic rings. The Labute approximate surface area is 195 Å². The molecule has 0 atom stereocenters. The van der Waals surface area contributed by atoms with Gasteiger partial charge in [0.15, 0.2) is 15.0 Å². The molecule has 0 aliphatic heterocycles. The van der Waals surface area contributed by atoms with Crippen LogP contribution in [-0.4, -0.2) is 39.3 Å². The molecule has 0 aliphatic carbocycles. The van der Waals surface area contributed by atoms with Gasteiger partial charge < -0.3 is 13.9 Å². The van der Waals surface area contributed by atoms with Crippen LogP contribution in [0.2, 0.25) is 0 Å². The van der Waals surface area contributed by atoms with Crippen LogP contribution >= 0.6 is 11.3 Å². The highest BCUT2D eigenvalue weighted by molar-refractivity contribution is 7.92. The number of nitrogens with zero attached hydrogens (tertiary/aromatic N) is 2. The van der Waals surface area contributed by atoms with Gasteiger partial charge in [-0.05, 0) is 55.0 Å². The quantitative estimate of drug-likeness (QED) is 0.368. The molecule has 0 spiro atoms. The molecule has 2 aromatic heterocycles. The minimum absolute atomic E-state index is 0.0383. The molecule has 0 unspecified atom stereocenters. The lowest BCUT2D eigenvalue weighted by atomic mass is 10.2. The van der Waals surface area contributed by atoms with Gasteiger partial charge in [0, 0.05) is 0 Å². The number of fused-ring (bicyclic) bond motifs is 1. The van der Waals surface area contributed by atoms with E-state index in [9.17, 15) is 13.2 Å². The van der Waals surface area contributed by atoms with Crippen LogP contribution < -0.4 is 14.4 Å². The molecule has 2 heterocycles. The summed E-state index contributed by atoms with van der Waals surface area (Å²) in [4.78, 5) is 19.3. The lowest BCUT2D eigenvalue weighted by Gasteiger charge is -2.18.